The van der Waals surface area contributed by atoms with Crippen LogP contribution in [0, 0.1) is 0 Å². The van der Waals surface area contributed by atoms with E-state index in [9.17, 15) is 9.59 Å². The van der Waals surface area contributed by atoms with E-state index in [1.165, 1.54) is 0 Å². The lowest BCUT2D eigenvalue weighted by Gasteiger charge is -2.12. The van der Waals surface area contributed by atoms with E-state index < -0.39 is 0 Å². The van der Waals surface area contributed by atoms with Gasteiger partial charge in [-0.25, -0.2) is 0 Å². The fourth-order valence-corrected chi connectivity index (χ4v) is 2.39. The summed E-state index contributed by atoms with van der Waals surface area (Å²) < 4.78 is 11.5. The number of para-hydroxylation sites is 1. The highest BCUT2D eigenvalue weighted by Gasteiger charge is 2.14. The summed E-state index contributed by atoms with van der Waals surface area (Å²) in [5, 5.41) is 5.22. The molecule has 0 radical (unpaired) electrons. The van der Waals surface area contributed by atoms with Crippen molar-refractivity contribution in [2.75, 3.05) is 26.8 Å². The molecule has 2 aromatic rings. The number of benzene rings is 2. The van der Waals surface area contributed by atoms with E-state index in [0.29, 0.717) is 30.2 Å². The first-order valence-corrected chi connectivity index (χ1v) is 8.45. The zero-order chi connectivity index (χ0) is 18.1. The fourth-order valence-electron chi connectivity index (χ4n) is 2.01. The first kappa shape index (κ1) is 19.0. The Labute approximate surface area is 154 Å². The molecule has 132 valence electrons. The van der Waals surface area contributed by atoms with Gasteiger partial charge < -0.3 is 20.1 Å². The Balaban J connectivity index is 1.99. The molecule has 0 aliphatic carbocycles. The average Bonchev–Trinajstić information content (AvgIpc) is 2.60. The normalized spacial score (nSPS) is 10.2. The summed E-state index contributed by atoms with van der Waals surface area (Å²) in [5.74, 6) is 0.355. The van der Waals surface area contributed by atoms with Gasteiger partial charge >= 0.3 is 0 Å². The van der Waals surface area contributed by atoms with Crippen molar-refractivity contribution < 1.29 is 19.1 Å². The molecule has 2 rings (SSSR count). The monoisotopic (exact) mass is 406 g/mol. The first-order chi connectivity index (χ1) is 12.1. The molecular formula is C18H19BrN2O4. The van der Waals surface area contributed by atoms with Gasteiger partial charge in [-0.05, 0) is 30.3 Å². The molecule has 0 saturated carbocycles. The Kier molecular flexibility index (Phi) is 7.43. The molecule has 7 heteroatoms. The van der Waals surface area contributed by atoms with Gasteiger partial charge in [0.2, 0.25) is 5.91 Å². The predicted octanol–water partition coefficient (Wildman–Crippen LogP) is 2.73. The van der Waals surface area contributed by atoms with Crippen molar-refractivity contribution in [2.24, 2.45) is 0 Å². The van der Waals surface area contributed by atoms with Crippen LogP contribution in [0.1, 0.15) is 10.4 Å². The molecule has 2 amide bonds. The molecule has 0 atom stereocenters. The molecule has 6 nitrogen and oxygen atoms in total. The summed E-state index contributed by atoms with van der Waals surface area (Å²) in [5.41, 5.74) is 0.354. The third kappa shape index (κ3) is 6.21. The molecule has 0 fully saturated rings. The summed E-state index contributed by atoms with van der Waals surface area (Å²) in [6.45, 7) is 0.699. The number of amides is 2. The Morgan fingerprint density at radius 3 is 2.64 bits per heavy atom. The van der Waals surface area contributed by atoms with Gasteiger partial charge in [0.25, 0.3) is 5.91 Å². The maximum Gasteiger partial charge on any atom is 0.255 e. The van der Waals surface area contributed by atoms with Crippen molar-refractivity contribution >= 4 is 27.7 Å². The second-order valence-corrected chi connectivity index (χ2v) is 6.00. The Bertz CT molecular complexity index is 737. The van der Waals surface area contributed by atoms with E-state index in [2.05, 4.69) is 26.6 Å². The van der Waals surface area contributed by atoms with Crippen LogP contribution in [0.3, 0.4) is 0 Å². The van der Waals surface area contributed by atoms with Gasteiger partial charge in [0.05, 0.1) is 18.7 Å². The number of rotatable bonds is 8. The number of nitrogens with one attached hydrogen (secondary N) is 2. The number of carbonyl (C=O) groups is 2. The molecule has 0 heterocycles. The molecule has 0 bridgehead atoms. The fraction of sp³-hybridized carbons (Fsp3) is 0.222. The number of hydrogen-bond donors (Lipinski definition) is 2. The quantitative estimate of drug-likeness (QED) is 0.660. The molecule has 0 aliphatic heterocycles. The zero-order valence-corrected chi connectivity index (χ0v) is 15.3. The predicted molar refractivity (Wildman–Crippen MR) is 97.9 cm³/mol. The third-order valence-corrected chi connectivity index (χ3v) is 3.69. The molecule has 0 aliphatic rings. The SMILES string of the molecule is COCCNC(=O)CNC(=O)c1ccccc1Oc1cccc(Br)c1. The van der Waals surface area contributed by atoms with Gasteiger partial charge in [0.15, 0.2) is 0 Å². The van der Waals surface area contributed by atoms with Crippen LogP contribution >= 0.6 is 15.9 Å². The summed E-state index contributed by atoms with van der Waals surface area (Å²) in [4.78, 5) is 24.0. The van der Waals surface area contributed by atoms with Gasteiger partial charge in [-0.3, -0.25) is 9.59 Å². The molecule has 0 spiro atoms. The molecule has 0 saturated heterocycles. The lowest BCUT2D eigenvalue weighted by molar-refractivity contribution is -0.120. The van der Waals surface area contributed by atoms with Crippen molar-refractivity contribution in [2.45, 2.75) is 0 Å². The molecule has 2 aromatic carbocycles. The summed E-state index contributed by atoms with van der Waals surface area (Å²) >= 11 is 3.38. The van der Waals surface area contributed by atoms with Crippen molar-refractivity contribution in [1.82, 2.24) is 10.6 Å². The number of hydrogen-bond acceptors (Lipinski definition) is 4. The Morgan fingerprint density at radius 2 is 1.88 bits per heavy atom. The summed E-state index contributed by atoms with van der Waals surface area (Å²) in [7, 11) is 1.55. The number of ether oxygens (including phenoxy) is 2. The number of carbonyl (C=O) groups excluding carboxylic acids is 2. The highest BCUT2D eigenvalue weighted by atomic mass is 79.9. The van der Waals surface area contributed by atoms with Crippen LogP contribution in [0.25, 0.3) is 0 Å². The van der Waals surface area contributed by atoms with E-state index in [-0.39, 0.29) is 18.4 Å². The topological polar surface area (TPSA) is 76.7 Å². The smallest absolute Gasteiger partial charge is 0.255 e. The largest absolute Gasteiger partial charge is 0.456 e. The number of halogens is 1. The van der Waals surface area contributed by atoms with E-state index in [4.69, 9.17) is 9.47 Å². The highest BCUT2D eigenvalue weighted by Crippen LogP contribution is 2.27. The minimum absolute atomic E-state index is 0.117. The molecule has 2 N–H and O–H groups in total. The molecular weight excluding hydrogens is 388 g/mol. The lowest BCUT2D eigenvalue weighted by Crippen LogP contribution is -2.38. The lowest BCUT2D eigenvalue weighted by atomic mass is 10.2. The van der Waals surface area contributed by atoms with Crippen LogP contribution in [-0.2, 0) is 9.53 Å². The minimum Gasteiger partial charge on any atom is -0.456 e. The van der Waals surface area contributed by atoms with Crippen LogP contribution in [0.4, 0.5) is 0 Å². The van der Waals surface area contributed by atoms with Crippen LogP contribution in [0.2, 0.25) is 0 Å². The van der Waals surface area contributed by atoms with Gasteiger partial charge in [-0.1, -0.05) is 34.1 Å². The summed E-state index contributed by atoms with van der Waals surface area (Å²) in [6, 6.07) is 14.2. The second-order valence-electron chi connectivity index (χ2n) is 5.08. The minimum atomic E-state index is -0.382. The van der Waals surface area contributed by atoms with Gasteiger partial charge in [0.1, 0.15) is 11.5 Å². The van der Waals surface area contributed by atoms with E-state index in [1.54, 1.807) is 43.5 Å². The maximum absolute atomic E-state index is 12.4. The highest BCUT2D eigenvalue weighted by molar-refractivity contribution is 9.10. The van der Waals surface area contributed by atoms with Crippen LogP contribution in [0.15, 0.2) is 53.0 Å². The van der Waals surface area contributed by atoms with E-state index in [0.717, 1.165) is 4.47 Å². The summed E-state index contributed by atoms with van der Waals surface area (Å²) in [6.07, 6.45) is 0. The molecule has 0 aromatic heterocycles. The zero-order valence-electron chi connectivity index (χ0n) is 13.8. The Hall–Kier alpha value is -2.38. The van der Waals surface area contributed by atoms with E-state index in [1.807, 2.05) is 12.1 Å². The molecule has 25 heavy (non-hydrogen) atoms. The first-order valence-electron chi connectivity index (χ1n) is 7.66. The van der Waals surface area contributed by atoms with Crippen molar-refractivity contribution in [3.05, 3.63) is 58.6 Å². The third-order valence-electron chi connectivity index (χ3n) is 3.19. The van der Waals surface area contributed by atoms with Crippen molar-refractivity contribution in [3.8, 4) is 11.5 Å². The standard InChI is InChI=1S/C18H19BrN2O4/c1-24-10-9-20-17(22)12-21-18(23)15-7-2-3-8-16(15)25-14-6-4-5-13(19)11-14/h2-8,11H,9-10,12H2,1H3,(H,20,22)(H,21,23). The molecule has 0 unspecified atom stereocenters. The average molecular weight is 407 g/mol. The van der Waals surface area contributed by atoms with Crippen molar-refractivity contribution in [3.63, 3.8) is 0 Å². The van der Waals surface area contributed by atoms with Crippen LogP contribution < -0.4 is 15.4 Å². The van der Waals surface area contributed by atoms with Crippen LogP contribution in [0.5, 0.6) is 11.5 Å². The Morgan fingerprint density at radius 1 is 1.08 bits per heavy atom. The van der Waals surface area contributed by atoms with Crippen molar-refractivity contribution in [1.29, 1.82) is 0 Å². The van der Waals surface area contributed by atoms with Crippen LogP contribution in [-0.4, -0.2) is 38.6 Å². The van der Waals surface area contributed by atoms with E-state index >= 15 is 0 Å². The second kappa shape index (κ2) is 9.80. The van der Waals surface area contributed by atoms with Gasteiger partial charge in [-0.15, -0.1) is 0 Å². The maximum atomic E-state index is 12.4. The number of methoxy groups -OCH3 is 1. The van der Waals surface area contributed by atoms with Gasteiger partial charge in [0, 0.05) is 18.1 Å². The van der Waals surface area contributed by atoms with Gasteiger partial charge in [-0.2, -0.15) is 0 Å².